The zero-order valence-corrected chi connectivity index (χ0v) is 12.6. The Morgan fingerprint density at radius 3 is 2.82 bits per heavy atom. The third-order valence-corrected chi connectivity index (χ3v) is 4.17. The smallest absolute Gasteiger partial charge is 0.0434 e. The molecule has 0 N–H and O–H groups in total. The van der Waals surface area contributed by atoms with Gasteiger partial charge in [0.25, 0.3) is 0 Å². The van der Waals surface area contributed by atoms with E-state index < -0.39 is 0 Å². The molecule has 0 aliphatic heterocycles. The Hall–Kier alpha value is -0.510. The van der Waals surface area contributed by atoms with Gasteiger partial charge < -0.3 is 4.90 Å². The summed E-state index contributed by atoms with van der Waals surface area (Å²) in [5, 5.41) is 5.89. The van der Waals surface area contributed by atoms with Gasteiger partial charge in [0.15, 0.2) is 0 Å². The molecule has 2 aromatic rings. The van der Waals surface area contributed by atoms with E-state index in [1.165, 1.54) is 16.8 Å². The minimum Gasteiger partial charge on any atom is -0.370 e. The third kappa shape index (κ3) is 3.24. The number of halogens is 2. The molecule has 0 spiro atoms. The molecule has 0 aliphatic rings. The predicted octanol–water partition coefficient (Wildman–Crippen LogP) is 4.93. The van der Waals surface area contributed by atoms with E-state index in [9.17, 15) is 0 Å². The Balaban J connectivity index is 2.21. The number of anilines is 1. The molecule has 90 valence electrons. The third-order valence-electron chi connectivity index (χ3n) is 2.60. The van der Waals surface area contributed by atoms with Gasteiger partial charge in [0.1, 0.15) is 0 Å². The van der Waals surface area contributed by atoms with Crippen LogP contribution in [0.15, 0.2) is 35.0 Å². The maximum absolute atomic E-state index is 6.01. The lowest BCUT2D eigenvalue weighted by atomic mass is 10.2. The molecule has 0 unspecified atom stereocenters. The van der Waals surface area contributed by atoms with Crippen LogP contribution in [0.2, 0.25) is 5.02 Å². The van der Waals surface area contributed by atoms with Gasteiger partial charge in [-0.2, -0.15) is 11.3 Å². The Bertz CT molecular complexity index is 484. The Morgan fingerprint density at radius 1 is 1.35 bits per heavy atom. The second kappa shape index (κ2) is 5.89. The fourth-order valence-electron chi connectivity index (χ4n) is 1.78. The Morgan fingerprint density at radius 2 is 2.18 bits per heavy atom. The van der Waals surface area contributed by atoms with Crippen molar-refractivity contribution in [2.75, 3.05) is 11.9 Å². The van der Waals surface area contributed by atoms with E-state index in [0.29, 0.717) is 0 Å². The van der Waals surface area contributed by atoms with Gasteiger partial charge in [0, 0.05) is 29.6 Å². The van der Waals surface area contributed by atoms with Gasteiger partial charge in [-0.15, -0.1) is 0 Å². The van der Waals surface area contributed by atoms with Crippen LogP contribution in [-0.4, -0.2) is 7.05 Å². The van der Waals surface area contributed by atoms with Crippen molar-refractivity contribution >= 4 is 44.6 Å². The van der Waals surface area contributed by atoms with Crippen molar-refractivity contribution in [3.63, 3.8) is 0 Å². The first kappa shape index (κ1) is 12.9. The standard InChI is InChI=1S/C13H13BrClNS/c1-16(8-10-4-5-17-9-10)13-3-2-12(15)6-11(13)7-14/h2-6,9H,7-8H2,1H3. The fourth-order valence-corrected chi connectivity index (χ4v) is 3.08. The SMILES string of the molecule is CN(Cc1ccsc1)c1ccc(Cl)cc1CBr. The summed E-state index contributed by atoms with van der Waals surface area (Å²) in [7, 11) is 2.10. The first-order chi connectivity index (χ1) is 8.20. The zero-order chi connectivity index (χ0) is 12.3. The quantitative estimate of drug-likeness (QED) is 0.718. The lowest BCUT2D eigenvalue weighted by molar-refractivity contribution is 0.921. The molecule has 0 aliphatic carbocycles. The van der Waals surface area contributed by atoms with Gasteiger partial charge in [-0.05, 0) is 46.2 Å². The molecule has 1 aromatic heterocycles. The normalized spacial score (nSPS) is 10.5. The van der Waals surface area contributed by atoms with E-state index in [2.05, 4.69) is 50.8 Å². The van der Waals surface area contributed by atoms with E-state index in [0.717, 1.165) is 16.9 Å². The van der Waals surface area contributed by atoms with Crippen LogP contribution in [-0.2, 0) is 11.9 Å². The van der Waals surface area contributed by atoms with Crippen LogP contribution in [0.3, 0.4) is 0 Å². The Kier molecular flexibility index (Phi) is 4.48. The lowest BCUT2D eigenvalue weighted by Crippen LogP contribution is -2.17. The highest BCUT2D eigenvalue weighted by atomic mass is 79.9. The molecule has 4 heteroatoms. The molecule has 0 amide bonds. The van der Waals surface area contributed by atoms with E-state index >= 15 is 0 Å². The van der Waals surface area contributed by atoms with E-state index in [-0.39, 0.29) is 0 Å². The fraction of sp³-hybridized carbons (Fsp3) is 0.231. The molecule has 2 rings (SSSR count). The van der Waals surface area contributed by atoms with Gasteiger partial charge in [-0.3, -0.25) is 0 Å². The summed E-state index contributed by atoms with van der Waals surface area (Å²) >= 11 is 11.2. The first-order valence-electron chi connectivity index (χ1n) is 5.27. The average molecular weight is 331 g/mol. The summed E-state index contributed by atoms with van der Waals surface area (Å²) in [6, 6.07) is 8.18. The van der Waals surface area contributed by atoms with Crippen molar-refractivity contribution in [1.82, 2.24) is 0 Å². The molecule has 0 radical (unpaired) electrons. The second-order valence-electron chi connectivity index (χ2n) is 3.89. The lowest BCUT2D eigenvalue weighted by Gasteiger charge is -2.21. The Labute approximate surface area is 119 Å². The van der Waals surface area contributed by atoms with Crippen LogP contribution in [0.25, 0.3) is 0 Å². The van der Waals surface area contributed by atoms with Crippen molar-refractivity contribution < 1.29 is 0 Å². The highest BCUT2D eigenvalue weighted by Gasteiger charge is 2.08. The minimum atomic E-state index is 0.784. The highest BCUT2D eigenvalue weighted by molar-refractivity contribution is 9.08. The number of hydrogen-bond donors (Lipinski definition) is 0. The van der Waals surface area contributed by atoms with Crippen molar-refractivity contribution in [1.29, 1.82) is 0 Å². The summed E-state index contributed by atoms with van der Waals surface area (Å²) in [6.45, 7) is 0.922. The first-order valence-corrected chi connectivity index (χ1v) is 7.71. The number of benzene rings is 1. The largest absolute Gasteiger partial charge is 0.370 e. The predicted molar refractivity (Wildman–Crippen MR) is 80.5 cm³/mol. The summed E-state index contributed by atoms with van der Waals surface area (Å²) < 4.78 is 0. The molecule has 17 heavy (non-hydrogen) atoms. The summed E-state index contributed by atoms with van der Waals surface area (Å²) in [6.07, 6.45) is 0. The molecule has 0 saturated carbocycles. The van der Waals surface area contributed by atoms with E-state index in [1.807, 2.05) is 12.1 Å². The maximum Gasteiger partial charge on any atom is 0.0434 e. The molecule has 1 heterocycles. The van der Waals surface area contributed by atoms with Gasteiger partial charge in [-0.25, -0.2) is 0 Å². The average Bonchev–Trinajstić information content (AvgIpc) is 2.81. The van der Waals surface area contributed by atoms with Crippen molar-refractivity contribution in [3.05, 3.63) is 51.2 Å². The minimum absolute atomic E-state index is 0.784. The van der Waals surface area contributed by atoms with Crippen LogP contribution >= 0.6 is 38.9 Å². The molecule has 0 bridgehead atoms. The monoisotopic (exact) mass is 329 g/mol. The molecule has 0 saturated heterocycles. The molecule has 1 aromatic carbocycles. The van der Waals surface area contributed by atoms with Crippen LogP contribution in [0.5, 0.6) is 0 Å². The van der Waals surface area contributed by atoms with Crippen molar-refractivity contribution in [3.8, 4) is 0 Å². The van der Waals surface area contributed by atoms with Gasteiger partial charge in [0.05, 0.1) is 0 Å². The van der Waals surface area contributed by atoms with Crippen molar-refractivity contribution in [2.45, 2.75) is 11.9 Å². The van der Waals surface area contributed by atoms with E-state index in [1.54, 1.807) is 11.3 Å². The molecule has 0 atom stereocenters. The number of nitrogens with zero attached hydrogens (tertiary/aromatic N) is 1. The summed E-state index contributed by atoms with van der Waals surface area (Å²) in [5.41, 5.74) is 3.78. The molecular formula is C13H13BrClNS. The second-order valence-corrected chi connectivity index (χ2v) is 5.67. The van der Waals surface area contributed by atoms with Crippen LogP contribution in [0, 0.1) is 0 Å². The molecule has 1 nitrogen and oxygen atoms in total. The number of alkyl halides is 1. The van der Waals surface area contributed by atoms with Gasteiger partial charge in [0.2, 0.25) is 0 Å². The van der Waals surface area contributed by atoms with Crippen LogP contribution in [0.4, 0.5) is 5.69 Å². The molecule has 0 fully saturated rings. The maximum atomic E-state index is 6.01. The van der Waals surface area contributed by atoms with Gasteiger partial charge in [-0.1, -0.05) is 27.5 Å². The summed E-state index contributed by atoms with van der Waals surface area (Å²) in [4.78, 5) is 2.25. The number of rotatable bonds is 4. The molecular weight excluding hydrogens is 318 g/mol. The van der Waals surface area contributed by atoms with Gasteiger partial charge >= 0.3 is 0 Å². The van der Waals surface area contributed by atoms with Crippen LogP contribution in [0.1, 0.15) is 11.1 Å². The van der Waals surface area contributed by atoms with Crippen LogP contribution < -0.4 is 4.90 Å². The summed E-state index contributed by atoms with van der Waals surface area (Å²) in [5.74, 6) is 0. The topological polar surface area (TPSA) is 3.24 Å². The zero-order valence-electron chi connectivity index (χ0n) is 9.49. The number of hydrogen-bond acceptors (Lipinski definition) is 2. The highest BCUT2D eigenvalue weighted by Crippen LogP contribution is 2.26. The number of thiophene rings is 1. The van der Waals surface area contributed by atoms with E-state index in [4.69, 9.17) is 11.6 Å². The van der Waals surface area contributed by atoms with Crippen molar-refractivity contribution in [2.24, 2.45) is 0 Å².